The number of pyridine rings is 1. The molecule has 0 aliphatic heterocycles. The molecule has 0 radical (unpaired) electrons. The van der Waals surface area contributed by atoms with Crippen LogP contribution in [0.4, 0.5) is 0 Å². The standard InChI is InChI=1S/C18H15NO3/c1-10-7-11(2)17-14(8-10)15(18(21)22)9-16(19-17)12-3-5-13(20)6-4-12/h3-9,20H,1-2H3,(H,21,22). The van der Waals surface area contributed by atoms with E-state index in [0.29, 0.717) is 16.6 Å². The Morgan fingerprint density at radius 3 is 2.36 bits per heavy atom. The molecule has 1 aromatic heterocycles. The largest absolute Gasteiger partial charge is 0.508 e. The van der Waals surface area contributed by atoms with E-state index in [2.05, 4.69) is 4.98 Å². The van der Waals surface area contributed by atoms with Gasteiger partial charge in [-0.3, -0.25) is 0 Å². The monoisotopic (exact) mass is 293 g/mol. The molecule has 3 aromatic rings. The van der Waals surface area contributed by atoms with Crippen LogP contribution in [0.1, 0.15) is 21.5 Å². The highest BCUT2D eigenvalue weighted by Gasteiger charge is 2.14. The number of aromatic nitrogens is 1. The van der Waals surface area contributed by atoms with Crippen LogP contribution in [0.25, 0.3) is 22.2 Å². The van der Waals surface area contributed by atoms with Crippen LogP contribution in [0.3, 0.4) is 0 Å². The van der Waals surface area contributed by atoms with Crippen molar-refractivity contribution in [2.75, 3.05) is 0 Å². The number of hydrogen-bond acceptors (Lipinski definition) is 3. The van der Waals surface area contributed by atoms with Gasteiger partial charge in [0.1, 0.15) is 5.75 Å². The summed E-state index contributed by atoms with van der Waals surface area (Å²) >= 11 is 0. The number of carbonyl (C=O) groups is 1. The van der Waals surface area contributed by atoms with Crippen molar-refractivity contribution in [2.45, 2.75) is 13.8 Å². The zero-order chi connectivity index (χ0) is 15.9. The number of phenolic OH excluding ortho intramolecular Hbond substituents is 1. The fourth-order valence-corrected chi connectivity index (χ4v) is 2.64. The Bertz CT molecular complexity index is 883. The molecule has 0 saturated carbocycles. The number of hydrogen-bond donors (Lipinski definition) is 2. The van der Waals surface area contributed by atoms with Gasteiger partial charge in [0, 0.05) is 10.9 Å². The molecule has 0 unspecified atom stereocenters. The summed E-state index contributed by atoms with van der Waals surface area (Å²) in [4.78, 5) is 16.2. The Hall–Kier alpha value is -2.88. The van der Waals surface area contributed by atoms with Crippen molar-refractivity contribution in [1.82, 2.24) is 4.98 Å². The third kappa shape index (κ3) is 2.39. The number of aryl methyl sites for hydroxylation is 2. The van der Waals surface area contributed by atoms with Crippen LogP contribution in [0.2, 0.25) is 0 Å². The first kappa shape index (κ1) is 14.1. The zero-order valence-electron chi connectivity index (χ0n) is 12.3. The van der Waals surface area contributed by atoms with Crippen molar-refractivity contribution in [3.63, 3.8) is 0 Å². The molecular formula is C18H15NO3. The second kappa shape index (κ2) is 5.15. The summed E-state index contributed by atoms with van der Waals surface area (Å²) in [5.41, 5.74) is 4.22. The van der Waals surface area contributed by atoms with E-state index in [1.54, 1.807) is 30.3 Å². The van der Waals surface area contributed by atoms with Gasteiger partial charge in [-0.15, -0.1) is 0 Å². The fourth-order valence-electron chi connectivity index (χ4n) is 2.64. The minimum atomic E-state index is -0.975. The molecule has 4 nitrogen and oxygen atoms in total. The molecule has 0 spiro atoms. The maximum Gasteiger partial charge on any atom is 0.336 e. The molecule has 0 aliphatic carbocycles. The lowest BCUT2D eigenvalue weighted by atomic mass is 10.00. The first-order valence-electron chi connectivity index (χ1n) is 6.90. The molecule has 3 rings (SSSR count). The van der Waals surface area contributed by atoms with Crippen LogP contribution < -0.4 is 0 Å². The molecule has 0 fully saturated rings. The molecule has 2 aromatic carbocycles. The summed E-state index contributed by atoms with van der Waals surface area (Å²) in [6.45, 7) is 3.86. The van der Waals surface area contributed by atoms with Crippen LogP contribution >= 0.6 is 0 Å². The highest BCUT2D eigenvalue weighted by Crippen LogP contribution is 2.28. The van der Waals surface area contributed by atoms with Gasteiger partial charge in [-0.1, -0.05) is 11.6 Å². The van der Waals surface area contributed by atoms with E-state index in [1.807, 2.05) is 26.0 Å². The maximum absolute atomic E-state index is 11.6. The van der Waals surface area contributed by atoms with Crippen molar-refractivity contribution in [1.29, 1.82) is 0 Å². The highest BCUT2D eigenvalue weighted by atomic mass is 16.4. The second-order valence-electron chi connectivity index (χ2n) is 5.39. The predicted molar refractivity (Wildman–Crippen MR) is 85.3 cm³/mol. The number of phenols is 1. The lowest BCUT2D eigenvalue weighted by molar-refractivity contribution is 0.0699. The average molecular weight is 293 g/mol. The van der Waals surface area contributed by atoms with Gasteiger partial charge in [0.25, 0.3) is 0 Å². The smallest absolute Gasteiger partial charge is 0.336 e. The summed E-state index contributed by atoms with van der Waals surface area (Å²) in [5, 5.41) is 19.5. The Balaban J connectivity index is 2.34. The Morgan fingerprint density at radius 1 is 1.05 bits per heavy atom. The lowest BCUT2D eigenvalue weighted by Crippen LogP contribution is -2.01. The summed E-state index contributed by atoms with van der Waals surface area (Å²) in [5.74, 6) is -0.813. The van der Waals surface area contributed by atoms with Crippen molar-refractivity contribution in [3.05, 3.63) is 59.2 Å². The van der Waals surface area contributed by atoms with Gasteiger partial charge in [-0.05, 0) is 55.8 Å². The van der Waals surface area contributed by atoms with E-state index in [-0.39, 0.29) is 11.3 Å². The molecule has 0 aliphatic rings. The van der Waals surface area contributed by atoms with Gasteiger partial charge in [-0.2, -0.15) is 0 Å². The van der Waals surface area contributed by atoms with Crippen LogP contribution in [-0.4, -0.2) is 21.2 Å². The van der Waals surface area contributed by atoms with E-state index >= 15 is 0 Å². The van der Waals surface area contributed by atoms with Gasteiger partial charge in [0.15, 0.2) is 0 Å². The third-order valence-electron chi connectivity index (χ3n) is 3.64. The van der Waals surface area contributed by atoms with Crippen molar-refractivity contribution in [2.24, 2.45) is 0 Å². The minimum Gasteiger partial charge on any atom is -0.508 e. The third-order valence-corrected chi connectivity index (χ3v) is 3.64. The fraction of sp³-hybridized carbons (Fsp3) is 0.111. The molecule has 0 amide bonds. The van der Waals surface area contributed by atoms with Crippen LogP contribution in [0, 0.1) is 13.8 Å². The number of nitrogens with zero attached hydrogens (tertiary/aromatic N) is 1. The Morgan fingerprint density at radius 2 is 1.73 bits per heavy atom. The minimum absolute atomic E-state index is 0.162. The van der Waals surface area contributed by atoms with Crippen LogP contribution in [-0.2, 0) is 0 Å². The normalized spacial score (nSPS) is 10.8. The number of carboxylic acid groups (broad SMARTS) is 1. The quantitative estimate of drug-likeness (QED) is 0.751. The SMILES string of the molecule is Cc1cc(C)c2nc(-c3ccc(O)cc3)cc(C(=O)O)c2c1. The lowest BCUT2D eigenvalue weighted by Gasteiger charge is -2.10. The van der Waals surface area contributed by atoms with E-state index in [1.165, 1.54) is 0 Å². The molecular weight excluding hydrogens is 278 g/mol. The van der Waals surface area contributed by atoms with E-state index in [4.69, 9.17) is 0 Å². The number of aromatic carboxylic acids is 1. The Kier molecular flexibility index (Phi) is 3.29. The van der Waals surface area contributed by atoms with Gasteiger partial charge >= 0.3 is 5.97 Å². The Labute approximate surface area is 127 Å². The summed E-state index contributed by atoms with van der Waals surface area (Å²) in [6.07, 6.45) is 0. The van der Waals surface area contributed by atoms with E-state index < -0.39 is 5.97 Å². The molecule has 0 saturated heterocycles. The van der Waals surface area contributed by atoms with Crippen molar-refractivity contribution >= 4 is 16.9 Å². The summed E-state index contributed by atoms with van der Waals surface area (Å²) in [6, 6.07) is 12.0. The molecule has 0 bridgehead atoms. The molecule has 1 heterocycles. The topological polar surface area (TPSA) is 70.4 Å². The predicted octanol–water partition coefficient (Wildman–Crippen LogP) is 3.92. The molecule has 110 valence electrons. The van der Waals surface area contributed by atoms with E-state index in [9.17, 15) is 15.0 Å². The number of carboxylic acids is 1. The zero-order valence-corrected chi connectivity index (χ0v) is 12.3. The van der Waals surface area contributed by atoms with Gasteiger partial charge in [-0.25, -0.2) is 9.78 Å². The average Bonchev–Trinajstić information content (AvgIpc) is 2.47. The summed E-state index contributed by atoms with van der Waals surface area (Å²) < 4.78 is 0. The highest BCUT2D eigenvalue weighted by molar-refractivity contribution is 6.04. The van der Waals surface area contributed by atoms with Crippen molar-refractivity contribution in [3.8, 4) is 17.0 Å². The number of fused-ring (bicyclic) bond motifs is 1. The first-order chi connectivity index (χ1) is 10.5. The number of rotatable bonds is 2. The molecule has 2 N–H and O–H groups in total. The van der Waals surface area contributed by atoms with Gasteiger partial charge < -0.3 is 10.2 Å². The molecule has 0 atom stereocenters. The van der Waals surface area contributed by atoms with Crippen LogP contribution in [0.15, 0.2) is 42.5 Å². The molecule has 4 heteroatoms. The number of benzene rings is 2. The first-order valence-corrected chi connectivity index (χ1v) is 6.90. The van der Waals surface area contributed by atoms with Crippen LogP contribution in [0.5, 0.6) is 5.75 Å². The second-order valence-corrected chi connectivity index (χ2v) is 5.39. The van der Waals surface area contributed by atoms with Gasteiger partial charge in [0.2, 0.25) is 0 Å². The maximum atomic E-state index is 11.6. The summed E-state index contributed by atoms with van der Waals surface area (Å²) in [7, 11) is 0. The van der Waals surface area contributed by atoms with E-state index in [0.717, 1.165) is 16.7 Å². The van der Waals surface area contributed by atoms with Gasteiger partial charge in [0.05, 0.1) is 16.8 Å². The van der Waals surface area contributed by atoms with Crippen molar-refractivity contribution < 1.29 is 15.0 Å². The number of aromatic hydroxyl groups is 1. The molecule has 22 heavy (non-hydrogen) atoms.